The number of halogens is 1. The number of amides is 3. The zero-order valence-electron chi connectivity index (χ0n) is 24.7. The van der Waals surface area contributed by atoms with Crippen molar-refractivity contribution < 1.29 is 19.1 Å². The number of nitrogens with zero attached hydrogens (tertiary/aromatic N) is 7. The zero-order valence-corrected chi connectivity index (χ0v) is 25.4. The van der Waals surface area contributed by atoms with E-state index in [2.05, 4.69) is 15.3 Å². The maximum Gasteiger partial charge on any atom is 0.330 e. The summed E-state index contributed by atoms with van der Waals surface area (Å²) in [6.45, 7) is 1.89. The molecule has 0 spiro atoms. The van der Waals surface area contributed by atoms with Crippen LogP contribution in [-0.4, -0.2) is 90.7 Å². The molecule has 1 N–H and O–H groups in total. The number of aromatic nitrogens is 3. The monoisotopic (exact) mass is 606 g/mol. The minimum Gasteiger partial charge on any atom is -0.497 e. The lowest BCUT2D eigenvalue weighted by atomic mass is 10.0. The normalized spacial score (nSPS) is 15.7. The minimum absolute atomic E-state index is 0.0354. The number of carbonyl (C=O) groups is 2. The van der Waals surface area contributed by atoms with Crippen LogP contribution in [0.1, 0.15) is 18.4 Å². The van der Waals surface area contributed by atoms with Crippen LogP contribution >= 0.6 is 11.6 Å². The number of fused-ring (bicyclic) bond motifs is 1. The topological polar surface area (TPSA) is 116 Å². The Hall–Kier alpha value is -4.42. The van der Waals surface area contributed by atoms with Gasteiger partial charge < -0.3 is 24.6 Å². The number of carbonyl (C=O) groups excluding carboxylic acids is 2. The number of methoxy groups -OCH3 is 2. The van der Waals surface area contributed by atoms with Crippen molar-refractivity contribution in [3.05, 3.63) is 65.5 Å². The molecule has 0 atom stereocenters. The smallest absolute Gasteiger partial charge is 0.330 e. The predicted molar refractivity (Wildman–Crippen MR) is 165 cm³/mol. The Kier molecular flexibility index (Phi) is 9.27. The number of urea groups is 1. The van der Waals surface area contributed by atoms with Crippen molar-refractivity contribution in [3.63, 3.8) is 0 Å². The average Bonchev–Trinajstić information content (AvgIpc) is 3.01. The third-order valence-corrected chi connectivity index (χ3v) is 7.73. The number of piperidine rings is 1. The molecule has 1 aromatic carbocycles. The average molecular weight is 607 g/mol. The molecule has 1 fully saturated rings. The molecule has 4 heterocycles. The summed E-state index contributed by atoms with van der Waals surface area (Å²) in [5.41, 5.74) is 1.20. The molecule has 3 aromatic rings. The fourth-order valence-electron chi connectivity index (χ4n) is 5.14. The molecule has 5 rings (SSSR count). The maximum absolute atomic E-state index is 14.4. The van der Waals surface area contributed by atoms with Crippen molar-refractivity contribution in [2.45, 2.75) is 25.4 Å². The molecule has 13 heteroatoms. The Bertz CT molecular complexity index is 1490. The Morgan fingerprint density at radius 3 is 2.63 bits per heavy atom. The third kappa shape index (κ3) is 6.65. The van der Waals surface area contributed by atoms with Gasteiger partial charge in [0.05, 0.1) is 26.5 Å². The molecule has 0 radical (unpaired) electrons. The molecule has 12 nitrogen and oxygen atoms in total. The van der Waals surface area contributed by atoms with Crippen molar-refractivity contribution >= 4 is 46.8 Å². The largest absolute Gasteiger partial charge is 0.497 e. The molecule has 0 unspecified atom stereocenters. The van der Waals surface area contributed by atoms with Gasteiger partial charge in [0.2, 0.25) is 11.9 Å². The van der Waals surface area contributed by atoms with Gasteiger partial charge in [-0.2, -0.15) is 4.98 Å². The zero-order chi connectivity index (χ0) is 30.5. The molecule has 0 aliphatic carbocycles. The van der Waals surface area contributed by atoms with Gasteiger partial charge in [-0.25, -0.2) is 14.8 Å². The Balaban J connectivity index is 1.47. The number of likely N-dealkylation sites (tertiary alicyclic amines) is 1. The Morgan fingerprint density at radius 2 is 1.95 bits per heavy atom. The van der Waals surface area contributed by atoms with Crippen molar-refractivity contribution in [3.8, 4) is 11.5 Å². The van der Waals surface area contributed by atoms with E-state index in [0.717, 1.165) is 5.56 Å². The standard InChI is InChI=1S/C30H35ClN8O4/c1-36(2)13-7-9-26(40)37-14-10-21(11-15-37)39-28-20(18-33-29(35-28)34-25-8-5-6-12-32-25)19-38(30(39)41)23-16-22(42-3)17-24(43-4)27(23)31/h5-9,12,16-18,21H,10-11,13-15,19H2,1-4H3,(H,32,33,34,35)/b9-7+. The Morgan fingerprint density at radius 1 is 1.16 bits per heavy atom. The molecule has 0 saturated carbocycles. The van der Waals surface area contributed by atoms with E-state index in [0.29, 0.717) is 72.3 Å². The fourth-order valence-corrected chi connectivity index (χ4v) is 5.43. The van der Waals surface area contributed by atoms with Gasteiger partial charge >= 0.3 is 6.03 Å². The molecule has 2 aliphatic heterocycles. The van der Waals surface area contributed by atoms with Crippen molar-refractivity contribution in [1.29, 1.82) is 0 Å². The van der Waals surface area contributed by atoms with Crippen LogP contribution < -0.4 is 24.6 Å². The molecular weight excluding hydrogens is 572 g/mol. The highest BCUT2D eigenvalue weighted by Gasteiger charge is 2.40. The van der Waals surface area contributed by atoms with Crippen molar-refractivity contribution in [2.24, 2.45) is 0 Å². The summed E-state index contributed by atoms with van der Waals surface area (Å²) < 4.78 is 10.9. The molecule has 226 valence electrons. The summed E-state index contributed by atoms with van der Waals surface area (Å²) in [6.07, 6.45) is 8.01. The summed E-state index contributed by atoms with van der Waals surface area (Å²) in [4.78, 5) is 47.8. The number of pyridine rings is 1. The predicted octanol–water partition coefficient (Wildman–Crippen LogP) is 4.34. The van der Waals surface area contributed by atoms with Gasteiger partial charge in [0.15, 0.2) is 0 Å². The number of hydrogen-bond donors (Lipinski definition) is 1. The second kappa shape index (κ2) is 13.3. The van der Waals surface area contributed by atoms with E-state index >= 15 is 0 Å². The first-order valence-corrected chi connectivity index (χ1v) is 14.3. The van der Waals surface area contributed by atoms with Crippen LogP contribution in [0.5, 0.6) is 11.5 Å². The van der Waals surface area contributed by atoms with Gasteiger partial charge in [-0.1, -0.05) is 23.7 Å². The van der Waals surface area contributed by atoms with E-state index < -0.39 is 0 Å². The second-order valence-corrected chi connectivity index (χ2v) is 10.9. The SMILES string of the molecule is COc1cc(OC)c(Cl)c(N2Cc3cnc(Nc4ccccn4)nc3N(C3CCN(C(=O)/C=C/CN(C)C)CC3)C2=O)c1. The highest BCUT2D eigenvalue weighted by molar-refractivity contribution is 6.35. The van der Waals surface area contributed by atoms with Gasteiger partial charge in [0, 0.05) is 61.8 Å². The Labute approximate surface area is 255 Å². The number of rotatable bonds is 9. The second-order valence-electron chi connectivity index (χ2n) is 10.5. The quantitative estimate of drug-likeness (QED) is 0.355. The van der Waals surface area contributed by atoms with Crippen LogP contribution in [0.25, 0.3) is 0 Å². The lowest BCUT2D eigenvalue weighted by Crippen LogP contribution is -2.55. The molecule has 1 saturated heterocycles. The molecule has 0 bridgehead atoms. The number of nitrogens with one attached hydrogen (secondary N) is 1. The maximum atomic E-state index is 14.4. The number of hydrogen-bond acceptors (Lipinski definition) is 9. The van der Waals surface area contributed by atoms with Crippen LogP contribution in [0, 0.1) is 0 Å². The summed E-state index contributed by atoms with van der Waals surface area (Å²) in [7, 11) is 6.96. The minimum atomic E-state index is -0.289. The van der Waals surface area contributed by atoms with Crippen LogP contribution in [-0.2, 0) is 11.3 Å². The van der Waals surface area contributed by atoms with Crippen molar-refractivity contribution in [2.75, 3.05) is 63.1 Å². The van der Waals surface area contributed by atoms with E-state index in [1.54, 1.807) is 47.5 Å². The van der Waals surface area contributed by atoms with Crippen LogP contribution in [0.2, 0.25) is 5.02 Å². The fraction of sp³-hybridized carbons (Fsp3) is 0.367. The summed E-state index contributed by atoms with van der Waals surface area (Å²) >= 11 is 6.73. The number of anilines is 4. The van der Waals surface area contributed by atoms with E-state index in [4.69, 9.17) is 26.1 Å². The first kappa shape index (κ1) is 30.1. The molecule has 2 aromatic heterocycles. The summed E-state index contributed by atoms with van der Waals surface area (Å²) in [5.74, 6) is 2.27. The lowest BCUT2D eigenvalue weighted by molar-refractivity contribution is -0.127. The summed E-state index contributed by atoms with van der Waals surface area (Å²) in [5, 5.41) is 3.41. The van der Waals surface area contributed by atoms with Gasteiger partial charge in [-0.05, 0) is 39.1 Å². The molecular formula is C30H35ClN8O4. The van der Waals surface area contributed by atoms with Crippen molar-refractivity contribution in [1.82, 2.24) is 24.8 Å². The highest BCUT2D eigenvalue weighted by Crippen LogP contribution is 2.42. The van der Waals surface area contributed by atoms with E-state index in [1.165, 1.54) is 7.11 Å². The van der Waals surface area contributed by atoms with Gasteiger partial charge in [0.25, 0.3) is 0 Å². The number of likely N-dealkylation sites (N-methyl/N-ethyl adjacent to an activating group) is 1. The van der Waals surface area contributed by atoms with Crippen LogP contribution in [0.15, 0.2) is 54.9 Å². The van der Waals surface area contributed by atoms with E-state index in [-0.39, 0.29) is 24.5 Å². The molecule has 3 amide bonds. The molecule has 2 aliphatic rings. The lowest BCUT2D eigenvalue weighted by Gasteiger charge is -2.43. The highest BCUT2D eigenvalue weighted by atomic mass is 35.5. The van der Waals surface area contributed by atoms with Crippen LogP contribution in [0.3, 0.4) is 0 Å². The van der Waals surface area contributed by atoms with Gasteiger partial charge in [-0.3, -0.25) is 14.6 Å². The van der Waals surface area contributed by atoms with Crippen LogP contribution in [0.4, 0.5) is 28.1 Å². The number of benzene rings is 1. The van der Waals surface area contributed by atoms with Gasteiger partial charge in [0.1, 0.15) is 28.2 Å². The number of ether oxygens (including phenoxy) is 2. The van der Waals surface area contributed by atoms with E-state index in [1.807, 2.05) is 48.2 Å². The molecule has 43 heavy (non-hydrogen) atoms. The third-order valence-electron chi connectivity index (χ3n) is 7.35. The van der Waals surface area contributed by atoms with Gasteiger partial charge in [-0.15, -0.1) is 0 Å². The van der Waals surface area contributed by atoms with E-state index in [9.17, 15) is 9.59 Å². The first-order chi connectivity index (χ1) is 20.8. The summed E-state index contributed by atoms with van der Waals surface area (Å²) in [6, 6.07) is 8.37. The first-order valence-electron chi connectivity index (χ1n) is 14.0.